The van der Waals surface area contributed by atoms with Crippen molar-refractivity contribution in [2.45, 2.75) is 20.3 Å². The molecule has 0 N–H and O–H groups in total. The summed E-state index contributed by atoms with van der Waals surface area (Å²) in [5.74, 6) is 0. The molecule has 0 atom stereocenters. The fraction of sp³-hybridized carbons (Fsp3) is 0.333. The van der Waals surface area contributed by atoms with Crippen molar-refractivity contribution in [3.05, 3.63) is 36.0 Å². The average molecular weight is 134 g/mol. The molecule has 1 radical (unpaired) electrons. The van der Waals surface area contributed by atoms with Crippen LogP contribution in [-0.2, 0) is 0 Å². The summed E-state index contributed by atoms with van der Waals surface area (Å²) >= 11 is 0. The van der Waals surface area contributed by atoms with Crippen LogP contribution in [0.1, 0.15) is 24.6 Å². The van der Waals surface area contributed by atoms with Crippen LogP contribution in [0.3, 0.4) is 0 Å². The van der Waals surface area contributed by atoms with Gasteiger partial charge in [-0.3, -0.25) is 4.98 Å². The van der Waals surface area contributed by atoms with Gasteiger partial charge in [-0.05, 0) is 37.5 Å². The van der Waals surface area contributed by atoms with Gasteiger partial charge in [0.2, 0.25) is 0 Å². The molecule has 0 aliphatic rings. The van der Waals surface area contributed by atoms with Crippen LogP contribution in [0, 0.1) is 13.3 Å². The average Bonchev–Trinajstić information content (AvgIpc) is 1.88. The Labute approximate surface area is 62.1 Å². The molecule has 1 nitrogen and oxygen atoms in total. The maximum Gasteiger partial charge on any atom is 0.0375 e. The van der Waals surface area contributed by atoms with Gasteiger partial charge in [0.1, 0.15) is 0 Å². The van der Waals surface area contributed by atoms with E-state index in [1.807, 2.05) is 19.2 Å². The van der Waals surface area contributed by atoms with E-state index in [0.717, 1.165) is 12.1 Å². The minimum absolute atomic E-state index is 1.09. The van der Waals surface area contributed by atoms with Crippen molar-refractivity contribution >= 4 is 0 Å². The highest BCUT2D eigenvalue weighted by Crippen LogP contribution is 2.04. The number of aromatic nitrogens is 1. The molecule has 1 heteroatoms. The third kappa shape index (κ3) is 1.83. The van der Waals surface area contributed by atoms with Crippen LogP contribution in [0.5, 0.6) is 0 Å². The van der Waals surface area contributed by atoms with E-state index in [-0.39, 0.29) is 0 Å². The lowest BCUT2D eigenvalue weighted by Gasteiger charge is -1.96. The smallest absolute Gasteiger partial charge is 0.0375 e. The summed E-state index contributed by atoms with van der Waals surface area (Å²) in [4.78, 5) is 4.10. The molecule has 0 aliphatic heterocycles. The molecule has 0 bridgehead atoms. The van der Waals surface area contributed by atoms with Crippen molar-refractivity contribution in [1.82, 2.24) is 4.98 Å². The molecule has 1 aromatic rings. The van der Waals surface area contributed by atoms with E-state index in [9.17, 15) is 0 Å². The van der Waals surface area contributed by atoms with Gasteiger partial charge in [0.15, 0.2) is 0 Å². The van der Waals surface area contributed by atoms with Crippen molar-refractivity contribution in [3.8, 4) is 0 Å². The lowest BCUT2D eigenvalue weighted by molar-refractivity contribution is 1.10. The normalized spacial score (nSPS) is 9.80. The van der Waals surface area contributed by atoms with E-state index in [4.69, 9.17) is 0 Å². The Balaban J connectivity index is 2.75. The number of pyridine rings is 1. The largest absolute Gasteiger partial charge is 0.262 e. The first-order valence-corrected chi connectivity index (χ1v) is 3.59. The van der Waals surface area contributed by atoms with Crippen molar-refractivity contribution in [2.24, 2.45) is 0 Å². The van der Waals surface area contributed by atoms with Crippen LogP contribution >= 0.6 is 0 Å². The lowest BCUT2D eigenvalue weighted by atomic mass is 10.1. The Bertz CT molecular complexity index is 206. The van der Waals surface area contributed by atoms with E-state index in [1.165, 1.54) is 5.56 Å². The second kappa shape index (κ2) is 3.35. The summed E-state index contributed by atoms with van der Waals surface area (Å²) < 4.78 is 0. The van der Waals surface area contributed by atoms with Crippen molar-refractivity contribution < 1.29 is 0 Å². The van der Waals surface area contributed by atoms with Crippen LogP contribution in [0.15, 0.2) is 18.3 Å². The van der Waals surface area contributed by atoms with Gasteiger partial charge in [-0.1, -0.05) is 6.92 Å². The fourth-order valence-corrected chi connectivity index (χ4v) is 0.930. The standard InChI is InChI=1S/C9H12N/c1-3-4-9-5-6-10-8(2)7-9/h4-7H,3H2,1-2H3. The van der Waals surface area contributed by atoms with Gasteiger partial charge < -0.3 is 0 Å². The molecule has 1 aromatic heterocycles. The second-order valence-electron chi connectivity index (χ2n) is 2.34. The zero-order valence-electron chi connectivity index (χ0n) is 6.46. The summed E-state index contributed by atoms with van der Waals surface area (Å²) in [7, 11) is 0. The molecular formula is C9H12N. The van der Waals surface area contributed by atoms with Crippen LogP contribution in [0.4, 0.5) is 0 Å². The topological polar surface area (TPSA) is 12.9 Å². The number of aryl methyl sites for hydroxylation is 1. The molecule has 0 fully saturated rings. The molecule has 0 aromatic carbocycles. The molecule has 1 rings (SSSR count). The van der Waals surface area contributed by atoms with Gasteiger partial charge in [0.05, 0.1) is 0 Å². The van der Waals surface area contributed by atoms with E-state index in [1.54, 1.807) is 0 Å². The SMILES string of the molecule is CC[CH]c1ccnc(C)c1. The summed E-state index contributed by atoms with van der Waals surface area (Å²) in [6, 6.07) is 4.11. The first-order chi connectivity index (χ1) is 4.83. The molecule has 0 saturated heterocycles. The summed E-state index contributed by atoms with van der Waals surface area (Å²) in [5, 5.41) is 0. The van der Waals surface area contributed by atoms with Crippen molar-refractivity contribution in [1.29, 1.82) is 0 Å². The predicted molar refractivity (Wildman–Crippen MR) is 42.7 cm³/mol. The first kappa shape index (κ1) is 7.26. The molecule has 0 spiro atoms. The Morgan fingerprint density at radius 1 is 1.60 bits per heavy atom. The molecule has 0 amide bonds. The van der Waals surface area contributed by atoms with E-state index in [2.05, 4.69) is 24.4 Å². The molecule has 1 heterocycles. The Morgan fingerprint density at radius 3 is 3.00 bits per heavy atom. The summed E-state index contributed by atoms with van der Waals surface area (Å²) in [6.07, 6.45) is 5.12. The van der Waals surface area contributed by atoms with Crippen LogP contribution in [0.25, 0.3) is 0 Å². The van der Waals surface area contributed by atoms with Gasteiger partial charge in [0.25, 0.3) is 0 Å². The number of hydrogen-bond donors (Lipinski definition) is 0. The van der Waals surface area contributed by atoms with E-state index in [0.29, 0.717) is 0 Å². The Morgan fingerprint density at radius 2 is 2.40 bits per heavy atom. The Hall–Kier alpha value is -0.850. The lowest BCUT2D eigenvalue weighted by Crippen LogP contribution is -1.83. The van der Waals surface area contributed by atoms with Gasteiger partial charge in [-0.25, -0.2) is 0 Å². The number of rotatable bonds is 2. The minimum Gasteiger partial charge on any atom is -0.262 e. The molecular weight excluding hydrogens is 122 g/mol. The fourth-order valence-electron chi connectivity index (χ4n) is 0.930. The van der Waals surface area contributed by atoms with Crippen molar-refractivity contribution in [2.75, 3.05) is 0 Å². The van der Waals surface area contributed by atoms with E-state index < -0.39 is 0 Å². The maximum absolute atomic E-state index is 4.10. The zero-order chi connectivity index (χ0) is 7.40. The van der Waals surface area contributed by atoms with Crippen LogP contribution in [0.2, 0.25) is 0 Å². The highest BCUT2D eigenvalue weighted by molar-refractivity contribution is 5.22. The van der Waals surface area contributed by atoms with Gasteiger partial charge >= 0.3 is 0 Å². The van der Waals surface area contributed by atoms with Gasteiger partial charge in [-0.15, -0.1) is 0 Å². The van der Waals surface area contributed by atoms with Crippen LogP contribution < -0.4 is 0 Å². The molecule has 10 heavy (non-hydrogen) atoms. The first-order valence-electron chi connectivity index (χ1n) is 3.59. The Kier molecular flexibility index (Phi) is 2.43. The third-order valence-electron chi connectivity index (χ3n) is 1.36. The summed E-state index contributed by atoms with van der Waals surface area (Å²) in [5.41, 5.74) is 2.36. The van der Waals surface area contributed by atoms with Crippen molar-refractivity contribution in [3.63, 3.8) is 0 Å². The zero-order valence-corrected chi connectivity index (χ0v) is 6.46. The minimum atomic E-state index is 1.09. The maximum atomic E-state index is 4.10. The third-order valence-corrected chi connectivity index (χ3v) is 1.36. The number of nitrogens with zero attached hydrogens (tertiary/aromatic N) is 1. The second-order valence-corrected chi connectivity index (χ2v) is 2.34. The predicted octanol–water partition coefficient (Wildman–Crippen LogP) is 2.35. The monoisotopic (exact) mass is 134 g/mol. The number of hydrogen-bond acceptors (Lipinski definition) is 1. The molecule has 53 valence electrons. The highest BCUT2D eigenvalue weighted by atomic mass is 14.6. The van der Waals surface area contributed by atoms with E-state index >= 15 is 0 Å². The summed E-state index contributed by atoms with van der Waals surface area (Å²) in [6.45, 7) is 4.14. The highest BCUT2D eigenvalue weighted by Gasteiger charge is 1.90. The van der Waals surface area contributed by atoms with Gasteiger partial charge in [0, 0.05) is 11.9 Å². The molecule has 0 unspecified atom stereocenters. The quantitative estimate of drug-likeness (QED) is 0.605. The molecule has 0 aliphatic carbocycles. The van der Waals surface area contributed by atoms with Gasteiger partial charge in [-0.2, -0.15) is 0 Å². The molecule has 0 saturated carbocycles. The van der Waals surface area contributed by atoms with Crippen LogP contribution in [-0.4, -0.2) is 4.98 Å².